The third-order valence-corrected chi connectivity index (χ3v) is 0.231. The topological polar surface area (TPSA) is 26.5 Å². The summed E-state index contributed by atoms with van der Waals surface area (Å²) in [5, 5.41) is 3.42. The first kappa shape index (κ1) is 4.38. The van der Waals surface area contributed by atoms with Crippen molar-refractivity contribution in [3.05, 3.63) is 0 Å². The lowest BCUT2D eigenvalue weighted by molar-refractivity contribution is -0.0779. The molecule has 0 unspecified atom stereocenters. The molecule has 2 heteroatoms. The van der Waals surface area contributed by atoms with Crippen LogP contribution in [0.15, 0.2) is 5.11 Å². The molecule has 5 heavy (non-hydrogen) atoms. The highest BCUT2D eigenvalue weighted by Crippen LogP contribution is 1.33. The van der Waals surface area contributed by atoms with E-state index in [1.807, 2.05) is 6.92 Å². The van der Waals surface area contributed by atoms with Gasteiger partial charge in [0, 0.05) is 11.7 Å². The smallest absolute Gasteiger partial charge is 0.0348 e. The summed E-state index contributed by atoms with van der Waals surface area (Å²) in [4.78, 5) is 3.47. The monoisotopic (exact) mass is 71.1 g/mol. The highest BCUT2D eigenvalue weighted by atomic mass is 15.0. The molecule has 0 fully saturated rings. The van der Waals surface area contributed by atoms with Crippen LogP contribution in [-0.2, 0) is 0 Å². The molecule has 0 atom stereocenters. The lowest BCUT2D eigenvalue weighted by Crippen LogP contribution is -1.56. The molecule has 0 bridgehead atoms. The predicted molar refractivity (Wildman–Crippen MR) is 20.4 cm³/mol. The van der Waals surface area contributed by atoms with Crippen molar-refractivity contribution in [2.45, 2.75) is 6.92 Å². The molecule has 0 spiro atoms. The maximum absolute atomic E-state index is 3.47. The van der Waals surface area contributed by atoms with Crippen molar-refractivity contribution in [2.75, 3.05) is 7.05 Å². The van der Waals surface area contributed by atoms with Crippen molar-refractivity contribution in [3.63, 3.8) is 0 Å². The second-order valence-electron chi connectivity index (χ2n) is 0.574. The summed E-state index contributed by atoms with van der Waals surface area (Å²) in [6.45, 7) is 1.83. The maximum Gasteiger partial charge on any atom is 0.304 e. The Labute approximate surface area is 31.3 Å². The molecule has 0 heterocycles. The van der Waals surface area contributed by atoms with Crippen LogP contribution in [0, 0.1) is 0 Å². The molecule has 0 rings (SSSR count). The zero-order chi connectivity index (χ0) is 4.12. The van der Waals surface area contributed by atoms with Crippen LogP contribution in [0.3, 0.4) is 0 Å². The fraction of sp³-hybridized carbons (Fsp3) is 0.667. The molecular weight excluding hydrogens is 64.0 g/mol. The molecule has 0 aliphatic carbocycles. The normalized spacial score (nSPS) is 5.20. The lowest BCUT2D eigenvalue weighted by Gasteiger charge is -1.30. The van der Waals surface area contributed by atoms with E-state index in [-0.39, 0.29) is 0 Å². The van der Waals surface area contributed by atoms with E-state index in [0.717, 1.165) is 0 Å². The first-order valence-corrected chi connectivity index (χ1v) is 1.48. The summed E-state index contributed by atoms with van der Waals surface area (Å²) in [7, 11) is 1.64. The summed E-state index contributed by atoms with van der Waals surface area (Å²) in [5.41, 5.74) is 0. The summed E-state index contributed by atoms with van der Waals surface area (Å²) in [5.74, 6) is 0. The van der Waals surface area contributed by atoms with Crippen LogP contribution in [0.25, 0.3) is 0 Å². The molecule has 0 N–H and O–H groups in total. The first-order valence-electron chi connectivity index (χ1n) is 1.48. The number of hydrogen-bond donors (Lipinski definition) is 0. The third kappa shape index (κ3) is 3.38. The fourth-order valence-corrected chi connectivity index (χ4v) is 0.115. The first-order chi connectivity index (χ1) is 2.41. The molecule has 28 valence electrons. The number of hydrogen-bond acceptors (Lipinski definition) is 1. The van der Waals surface area contributed by atoms with Crippen LogP contribution in [0.1, 0.15) is 6.92 Å². The SMILES string of the molecule is CC=[N+]=NC. The van der Waals surface area contributed by atoms with Crippen LogP contribution >= 0.6 is 0 Å². The molecule has 0 aliphatic heterocycles. The number of nitrogens with zero attached hydrogens (tertiary/aromatic N) is 2. The van der Waals surface area contributed by atoms with Crippen molar-refractivity contribution in [1.82, 2.24) is 0 Å². The van der Waals surface area contributed by atoms with Crippen molar-refractivity contribution in [1.29, 1.82) is 0 Å². The third-order valence-electron chi connectivity index (χ3n) is 0.231. The highest BCUT2D eigenvalue weighted by Gasteiger charge is 1.55. The largest absolute Gasteiger partial charge is 0.304 e. The van der Waals surface area contributed by atoms with E-state index in [0.29, 0.717) is 0 Å². The maximum atomic E-state index is 3.47. The minimum absolute atomic E-state index is 1.64. The Kier molecular flexibility index (Phi) is 2.96. The van der Waals surface area contributed by atoms with Gasteiger partial charge < -0.3 is 0 Å². The van der Waals surface area contributed by atoms with Crippen molar-refractivity contribution in [3.8, 4) is 0 Å². The summed E-state index contributed by atoms with van der Waals surface area (Å²) >= 11 is 0. The van der Waals surface area contributed by atoms with E-state index in [1.165, 1.54) is 0 Å². The Bertz CT molecular complexity index is 53.3. The van der Waals surface area contributed by atoms with Crippen LogP contribution in [0.2, 0.25) is 0 Å². The molecule has 0 aromatic rings. The molecule has 2 nitrogen and oxygen atoms in total. The zero-order valence-electron chi connectivity index (χ0n) is 3.47. The van der Waals surface area contributed by atoms with Gasteiger partial charge in [0.25, 0.3) is 0 Å². The van der Waals surface area contributed by atoms with E-state index < -0.39 is 0 Å². The van der Waals surface area contributed by atoms with Crippen molar-refractivity contribution < 1.29 is 4.79 Å². The second-order valence-corrected chi connectivity index (χ2v) is 0.574. The average molecular weight is 71.1 g/mol. The molecular formula is C3H7N2+. The van der Waals surface area contributed by atoms with E-state index in [9.17, 15) is 0 Å². The predicted octanol–water partition coefficient (Wildman–Crippen LogP) is 0.367. The van der Waals surface area contributed by atoms with Gasteiger partial charge in [0.05, 0.1) is 5.11 Å². The van der Waals surface area contributed by atoms with Crippen molar-refractivity contribution in [2.24, 2.45) is 5.11 Å². The summed E-state index contributed by atoms with van der Waals surface area (Å²) in [6.07, 6.45) is 1.64. The van der Waals surface area contributed by atoms with Gasteiger partial charge in [-0.05, 0) is 0 Å². The Morgan fingerprint density at radius 1 is 1.80 bits per heavy atom. The van der Waals surface area contributed by atoms with Gasteiger partial charge in [0.2, 0.25) is 0 Å². The van der Waals surface area contributed by atoms with E-state index in [2.05, 4.69) is 9.90 Å². The summed E-state index contributed by atoms with van der Waals surface area (Å²) in [6, 6.07) is 0. The van der Waals surface area contributed by atoms with Crippen molar-refractivity contribution >= 4 is 6.21 Å². The molecule has 0 saturated heterocycles. The minimum Gasteiger partial charge on any atom is 0.0348 e. The molecule has 0 radical (unpaired) electrons. The van der Waals surface area contributed by atoms with E-state index >= 15 is 0 Å². The number of rotatable bonds is 0. The fourth-order valence-electron chi connectivity index (χ4n) is 0.115. The van der Waals surface area contributed by atoms with E-state index in [1.54, 1.807) is 13.3 Å². The Morgan fingerprint density at radius 2 is 2.40 bits per heavy atom. The van der Waals surface area contributed by atoms with Gasteiger partial charge in [0.15, 0.2) is 0 Å². The molecule has 0 amide bonds. The Balaban J connectivity index is 3.26. The molecule has 0 aromatic heterocycles. The van der Waals surface area contributed by atoms with Gasteiger partial charge in [-0.25, -0.2) is 0 Å². The Hall–Kier alpha value is -0.620. The second kappa shape index (κ2) is 3.38. The van der Waals surface area contributed by atoms with Gasteiger partial charge in [-0.3, -0.25) is 0 Å². The quantitative estimate of drug-likeness (QED) is 0.224. The highest BCUT2D eigenvalue weighted by molar-refractivity contribution is 5.45. The minimum atomic E-state index is 1.64. The average Bonchev–Trinajstić information content (AvgIpc) is 1.41. The van der Waals surface area contributed by atoms with Gasteiger partial charge in [-0.1, -0.05) is 0 Å². The molecule has 0 saturated carbocycles. The van der Waals surface area contributed by atoms with Crippen LogP contribution in [0.4, 0.5) is 0 Å². The van der Waals surface area contributed by atoms with Gasteiger partial charge in [0.1, 0.15) is 7.05 Å². The summed E-state index contributed by atoms with van der Waals surface area (Å²) < 4.78 is 0. The van der Waals surface area contributed by atoms with Gasteiger partial charge in [-0.2, -0.15) is 0 Å². The molecule has 0 aliphatic rings. The van der Waals surface area contributed by atoms with Gasteiger partial charge >= 0.3 is 6.21 Å². The van der Waals surface area contributed by atoms with E-state index in [4.69, 9.17) is 0 Å². The standard InChI is InChI=1S/C3H7N2/c1-3-5-4-2/h3H,1-2H3/q+1. The van der Waals surface area contributed by atoms with Gasteiger partial charge in [-0.15, -0.1) is 0 Å². The van der Waals surface area contributed by atoms with Crippen LogP contribution in [-0.4, -0.2) is 18.1 Å². The molecule has 0 aromatic carbocycles. The lowest BCUT2D eigenvalue weighted by atomic mass is 10.9. The Morgan fingerprint density at radius 3 is 2.40 bits per heavy atom. The zero-order valence-corrected chi connectivity index (χ0v) is 3.47. The van der Waals surface area contributed by atoms with Crippen LogP contribution in [0.5, 0.6) is 0 Å². The van der Waals surface area contributed by atoms with Crippen LogP contribution < -0.4 is 0 Å².